The van der Waals surface area contributed by atoms with Gasteiger partial charge in [0.05, 0.1) is 16.8 Å². The molecule has 0 aliphatic heterocycles. The zero-order valence-corrected chi connectivity index (χ0v) is 18.2. The third-order valence-electron chi connectivity index (χ3n) is 5.39. The molecule has 4 aromatic rings. The minimum atomic E-state index is -0.930. The van der Waals surface area contributed by atoms with Crippen LogP contribution in [0.1, 0.15) is 44.5 Å². The number of halogens is 1. The molecule has 0 fully saturated rings. The fraction of sp³-hybridized carbons (Fsp3) is 0.120. The number of fused-ring (bicyclic) bond motifs is 1. The highest BCUT2D eigenvalue weighted by atomic mass is 79.9. The van der Waals surface area contributed by atoms with Crippen LogP contribution in [-0.2, 0) is 6.42 Å². The molecule has 150 valence electrons. The number of ketones is 1. The summed E-state index contributed by atoms with van der Waals surface area (Å²) >= 11 is 3.52. The number of benzene rings is 2. The molecular formula is C25H20BrNO3. The van der Waals surface area contributed by atoms with E-state index in [0.717, 1.165) is 32.2 Å². The Hall–Kier alpha value is -3.18. The van der Waals surface area contributed by atoms with E-state index in [1.165, 1.54) is 0 Å². The average molecular weight is 462 g/mol. The smallest absolute Gasteiger partial charge is 0.335 e. The Bertz CT molecular complexity index is 1280. The summed E-state index contributed by atoms with van der Waals surface area (Å²) in [5.41, 5.74) is 5.88. The van der Waals surface area contributed by atoms with Crippen LogP contribution in [0.5, 0.6) is 0 Å². The average Bonchev–Trinajstić information content (AvgIpc) is 3.12. The van der Waals surface area contributed by atoms with E-state index in [1.807, 2.05) is 79.0 Å². The summed E-state index contributed by atoms with van der Waals surface area (Å²) in [6.07, 6.45) is 2.49. The minimum Gasteiger partial charge on any atom is -0.478 e. The van der Waals surface area contributed by atoms with Crippen LogP contribution >= 0.6 is 15.9 Å². The molecule has 0 aliphatic carbocycles. The van der Waals surface area contributed by atoms with Crippen LogP contribution in [0.2, 0.25) is 0 Å². The van der Waals surface area contributed by atoms with Crippen LogP contribution in [0, 0.1) is 6.92 Å². The first-order valence-corrected chi connectivity index (χ1v) is 10.5. The summed E-state index contributed by atoms with van der Waals surface area (Å²) in [6.45, 7) is 3.86. The number of carbonyl (C=O) groups is 2. The van der Waals surface area contributed by atoms with Gasteiger partial charge in [-0.25, -0.2) is 4.79 Å². The van der Waals surface area contributed by atoms with E-state index >= 15 is 0 Å². The number of aryl methyl sites for hydroxylation is 2. The maximum absolute atomic E-state index is 13.5. The summed E-state index contributed by atoms with van der Waals surface area (Å²) < 4.78 is 2.66. The van der Waals surface area contributed by atoms with Crippen molar-refractivity contribution in [3.8, 4) is 11.1 Å². The first-order chi connectivity index (χ1) is 14.4. The largest absolute Gasteiger partial charge is 0.478 e. The number of aromatic carboxylic acids is 1. The molecule has 2 aromatic carbocycles. The second kappa shape index (κ2) is 7.92. The first kappa shape index (κ1) is 20.1. The molecule has 0 saturated carbocycles. The summed E-state index contributed by atoms with van der Waals surface area (Å²) in [5, 5.41) is 9.43. The molecule has 1 N–H and O–H groups in total. The topological polar surface area (TPSA) is 58.8 Å². The standard InChI is InChI=1S/C25H20BrNO3/c1-3-16-13-17(10-11-18(16)25(29)30)19-14-22(27-12-5-4-9-21(19)27)24(28)23-15(2)7-6-8-20(23)26/h4-14H,3H2,1-2H3,(H,29,30). The number of rotatable bonds is 5. The van der Waals surface area contributed by atoms with Crippen LogP contribution in [0.25, 0.3) is 16.6 Å². The zero-order chi connectivity index (χ0) is 21.4. The third-order valence-corrected chi connectivity index (χ3v) is 6.05. The lowest BCUT2D eigenvalue weighted by atomic mass is 9.97. The van der Waals surface area contributed by atoms with Crippen LogP contribution in [-0.4, -0.2) is 21.3 Å². The van der Waals surface area contributed by atoms with Crippen molar-refractivity contribution in [1.82, 2.24) is 4.40 Å². The highest BCUT2D eigenvalue weighted by Crippen LogP contribution is 2.32. The van der Waals surface area contributed by atoms with Crippen molar-refractivity contribution in [2.45, 2.75) is 20.3 Å². The van der Waals surface area contributed by atoms with Gasteiger partial charge in [0, 0.05) is 21.8 Å². The van der Waals surface area contributed by atoms with Crippen molar-refractivity contribution in [2.75, 3.05) is 0 Å². The highest BCUT2D eigenvalue weighted by molar-refractivity contribution is 9.10. The molecule has 5 heteroatoms. The predicted octanol–water partition coefficient (Wildman–Crippen LogP) is 6.17. The van der Waals surface area contributed by atoms with E-state index in [2.05, 4.69) is 15.9 Å². The number of carboxylic acid groups (broad SMARTS) is 1. The molecule has 2 aromatic heterocycles. The number of carbonyl (C=O) groups excluding carboxylic acids is 1. The molecule has 0 bridgehead atoms. The summed E-state index contributed by atoms with van der Waals surface area (Å²) in [6, 6.07) is 18.8. The minimum absolute atomic E-state index is 0.0645. The number of aromatic nitrogens is 1. The number of pyridine rings is 1. The molecule has 30 heavy (non-hydrogen) atoms. The van der Waals surface area contributed by atoms with Gasteiger partial charge in [-0.1, -0.05) is 53.2 Å². The Morgan fingerprint density at radius 1 is 1.03 bits per heavy atom. The first-order valence-electron chi connectivity index (χ1n) is 9.68. The third kappa shape index (κ3) is 3.35. The van der Waals surface area contributed by atoms with E-state index in [1.54, 1.807) is 6.07 Å². The van der Waals surface area contributed by atoms with E-state index in [-0.39, 0.29) is 5.78 Å². The molecule has 4 nitrogen and oxygen atoms in total. The Morgan fingerprint density at radius 3 is 2.53 bits per heavy atom. The molecule has 0 amide bonds. The SMILES string of the molecule is CCc1cc(-c2cc(C(=O)c3c(C)cccc3Br)n3ccccc23)ccc1C(=O)O. The quantitative estimate of drug-likeness (QED) is 0.361. The lowest BCUT2D eigenvalue weighted by Gasteiger charge is -2.08. The van der Waals surface area contributed by atoms with Gasteiger partial charge in [0.15, 0.2) is 0 Å². The van der Waals surface area contributed by atoms with Gasteiger partial charge < -0.3 is 9.51 Å². The maximum Gasteiger partial charge on any atom is 0.335 e. The van der Waals surface area contributed by atoms with Gasteiger partial charge in [-0.05, 0) is 60.4 Å². The number of nitrogens with zero attached hydrogens (tertiary/aromatic N) is 1. The molecule has 0 aliphatic rings. The Kier molecular flexibility index (Phi) is 5.31. The van der Waals surface area contributed by atoms with Crippen LogP contribution in [0.4, 0.5) is 0 Å². The second-order valence-corrected chi connectivity index (χ2v) is 8.04. The molecule has 0 radical (unpaired) electrons. The molecule has 2 heterocycles. The van der Waals surface area contributed by atoms with Gasteiger partial charge in [0.2, 0.25) is 5.78 Å². The molecule has 0 saturated heterocycles. The van der Waals surface area contributed by atoms with Crippen LogP contribution in [0.15, 0.2) is 71.3 Å². The van der Waals surface area contributed by atoms with Gasteiger partial charge in [-0.3, -0.25) is 4.79 Å². The van der Waals surface area contributed by atoms with Gasteiger partial charge in [-0.15, -0.1) is 0 Å². The molecule has 4 rings (SSSR count). The maximum atomic E-state index is 13.5. The number of hydrogen-bond donors (Lipinski definition) is 1. The number of carboxylic acids is 1. The Balaban J connectivity index is 1.93. The summed E-state index contributed by atoms with van der Waals surface area (Å²) in [7, 11) is 0. The normalized spacial score (nSPS) is 11.0. The van der Waals surface area contributed by atoms with E-state index in [4.69, 9.17) is 0 Å². The van der Waals surface area contributed by atoms with Gasteiger partial charge in [-0.2, -0.15) is 0 Å². The van der Waals surface area contributed by atoms with Crippen molar-refractivity contribution in [2.24, 2.45) is 0 Å². The highest BCUT2D eigenvalue weighted by Gasteiger charge is 2.21. The molecular weight excluding hydrogens is 442 g/mol. The fourth-order valence-electron chi connectivity index (χ4n) is 3.87. The monoisotopic (exact) mass is 461 g/mol. The summed E-state index contributed by atoms with van der Waals surface area (Å²) in [4.78, 5) is 25.0. The van der Waals surface area contributed by atoms with Gasteiger partial charge in [0.1, 0.15) is 0 Å². The van der Waals surface area contributed by atoms with Crippen LogP contribution in [0.3, 0.4) is 0 Å². The van der Waals surface area contributed by atoms with E-state index in [0.29, 0.717) is 23.2 Å². The van der Waals surface area contributed by atoms with Crippen molar-refractivity contribution in [3.05, 3.63) is 99.3 Å². The van der Waals surface area contributed by atoms with Gasteiger partial charge >= 0.3 is 5.97 Å². The van der Waals surface area contributed by atoms with Crippen molar-refractivity contribution in [3.63, 3.8) is 0 Å². The zero-order valence-electron chi connectivity index (χ0n) is 16.6. The van der Waals surface area contributed by atoms with E-state index in [9.17, 15) is 14.7 Å². The lowest BCUT2D eigenvalue weighted by molar-refractivity contribution is 0.0695. The van der Waals surface area contributed by atoms with Crippen molar-refractivity contribution in [1.29, 1.82) is 0 Å². The number of hydrogen-bond acceptors (Lipinski definition) is 2. The van der Waals surface area contributed by atoms with Crippen LogP contribution < -0.4 is 0 Å². The van der Waals surface area contributed by atoms with Crippen molar-refractivity contribution >= 4 is 33.2 Å². The summed E-state index contributed by atoms with van der Waals surface area (Å²) in [5.74, 6) is -0.995. The second-order valence-electron chi connectivity index (χ2n) is 7.19. The van der Waals surface area contributed by atoms with E-state index < -0.39 is 5.97 Å². The van der Waals surface area contributed by atoms with Crippen molar-refractivity contribution < 1.29 is 14.7 Å². The molecule has 0 atom stereocenters. The Labute approximate surface area is 182 Å². The molecule has 0 spiro atoms. The molecule has 0 unspecified atom stereocenters. The fourth-order valence-corrected chi connectivity index (χ4v) is 4.51. The lowest BCUT2D eigenvalue weighted by Crippen LogP contribution is -2.07. The predicted molar refractivity (Wildman–Crippen MR) is 121 cm³/mol. The Morgan fingerprint density at radius 2 is 1.83 bits per heavy atom. The van der Waals surface area contributed by atoms with Gasteiger partial charge in [0.25, 0.3) is 0 Å².